The van der Waals surface area contributed by atoms with E-state index in [0.717, 1.165) is 18.4 Å². The highest BCUT2D eigenvalue weighted by Gasteiger charge is 2.44. The Morgan fingerprint density at radius 3 is 2.78 bits per heavy atom. The van der Waals surface area contributed by atoms with Crippen LogP contribution in [0.15, 0.2) is 24.3 Å². The van der Waals surface area contributed by atoms with Gasteiger partial charge in [-0.05, 0) is 24.5 Å². The lowest BCUT2D eigenvalue weighted by Gasteiger charge is -2.37. The van der Waals surface area contributed by atoms with Crippen LogP contribution in [0.1, 0.15) is 24.8 Å². The van der Waals surface area contributed by atoms with Gasteiger partial charge in [-0.3, -0.25) is 9.59 Å². The van der Waals surface area contributed by atoms with E-state index in [2.05, 4.69) is 5.32 Å². The Bertz CT molecular complexity index is 579. The molecule has 0 spiro atoms. The van der Waals surface area contributed by atoms with Gasteiger partial charge in [0.05, 0.1) is 25.0 Å². The topological polar surface area (TPSA) is 58.6 Å². The van der Waals surface area contributed by atoms with Gasteiger partial charge in [-0.1, -0.05) is 29.8 Å². The molecule has 1 heterocycles. The van der Waals surface area contributed by atoms with Crippen LogP contribution < -0.4 is 5.32 Å². The zero-order chi connectivity index (χ0) is 16.9. The molecule has 1 N–H and O–H groups in total. The van der Waals surface area contributed by atoms with Crippen LogP contribution in [-0.2, 0) is 20.7 Å². The van der Waals surface area contributed by atoms with Crippen LogP contribution in [0.25, 0.3) is 0 Å². The van der Waals surface area contributed by atoms with Crippen molar-refractivity contribution in [2.24, 2.45) is 0 Å². The van der Waals surface area contributed by atoms with Gasteiger partial charge >= 0.3 is 0 Å². The molecule has 0 aromatic heterocycles. The highest BCUT2D eigenvalue weighted by atomic mass is 35.5. The van der Waals surface area contributed by atoms with Crippen LogP contribution in [-0.4, -0.2) is 49.6 Å². The maximum Gasteiger partial charge on any atom is 0.227 e. The number of nitrogens with zero attached hydrogens (tertiary/aromatic N) is 1. The van der Waals surface area contributed by atoms with Gasteiger partial charge in [0.1, 0.15) is 0 Å². The van der Waals surface area contributed by atoms with Crippen LogP contribution >= 0.6 is 11.6 Å². The fourth-order valence-electron chi connectivity index (χ4n) is 3.27. The number of nitrogens with one attached hydrogen (secondary N) is 1. The molecule has 1 aliphatic rings. The minimum Gasteiger partial charge on any atom is -0.382 e. The van der Waals surface area contributed by atoms with Crippen LogP contribution in [0.2, 0.25) is 5.02 Å². The molecule has 1 fully saturated rings. The van der Waals surface area contributed by atoms with Crippen molar-refractivity contribution in [1.29, 1.82) is 0 Å². The molecular weight excluding hydrogens is 316 g/mol. The summed E-state index contributed by atoms with van der Waals surface area (Å²) in [5, 5.41) is 3.23. The van der Waals surface area contributed by atoms with Crippen molar-refractivity contribution in [2.45, 2.75) is 31.2 Å². The maximum atomic E-state index is 12.8. The van der Waals surface area contributed by atoms with Crippen LogP contribution in [0.5, 0.6) is 0 Å². The molecule has 1 aromatic carbocycles. The van der Waals surface area contributed by atoms with Crippen molar-refractivity contribution >= 4 is 23.4 Å². The van der Waals surface area contributed by atoms with Crippen molar-refractivity contribution in [3.8, 4) is 0 Å². The number of halogens is 1. The third-order valence-corrected chi connectivity index (χ3v) is 4.75. The number of hydrogen-bond donors (Lipinski definition) is 1. The predicted molar refractivity (Wildman–Crippen MR) is 89.4 cm³/mol. The lowest BCUT2D eigenvalue weighted by atomic mass is 9.91. The minimum atomic E-state index is -0.562. The van der Waals surface area contributed by atoms with Gasteiger partial charge in [-0.2, -0.15) is 0 Å². The van der Waals surface area contributed by atoms with Gasteiger partial charge in [0, 0.05) is 25.7 Å². The minimum absolute atomic E-state index is 0.0171. The predicted octanol–water partition coefficient (Wildman–Crippen LogP) is 2.03. The quantitative estimate of drug-likeness (QED) is 0.863. The number of carbonyl (C=O) groups is 2. The number of rotatable bonds is 6. The fourth-order valence-corrected chi connectivity index (χ4v) is 3.47. The zero-order valence-electron chi connectivity index (χ0n) is 13.6. The van der Waals surface area contributed by atoms with Crippen molar-refractivity contribution in [2.75, 3.05) is 27.3 Å². The molecule has 6 heteroatoms. The van der Waals surface area contributed by atoms with Gasteiger partial charge in [0.2, 0.25) is 11.8 Å². The summed E-state index contributed by atoms with van der Waals surface area (Å²) >= 11 is 6.15. The Morgan fingerprint density at radius 2 is 2.13 bits per heavy atom. The number of methoxy groups -OCH3 is 1. The smallest absolute Gasteiger partial charge is 0.227 e. The van der Waals surface area contributed by atoms with E-state index in [9.17, 15) is 9.59 Å². The second-order valence-electron chi connectivity index (χ2n) is 5.92. The molecule has 126 valence electrons. The van der Waals surface area contributed by atoms with Crippen LogP contribution in [0.4, 0.5) is 0 Å². The van der Waals surface area contributed by atoms with E-state index in [-0.39, 0.29) is 24.7 Å². The summed E-state index contributed by atoms with van der Waals surface area (Å²) < 4.78 is 5.33. The molecule has 0 radical (unpaired) electrons. The Hall–Kier alpha value is -1.59. The van der Waals surface area contributed by atoms with E-state index in [1.54, 1.807) is 25.1 Å². The number of hydrogen-bond acceptors (Lipinski definition) is 3. The first-order valence-electron chi connectivity index (χ1n) is 7.76. The van der Waals surface area contributed by atoms with E-state index >= 15 is 0 Å². The summed E-state index contributed by atoms with van der Waals surface area (Å²) in [4.78, 5) is 26.5. The van der Waals surface area contributed by atoms with Crippen LogP contribution in [0.3, 0.4) is 0 Å². The molecule has 1 saturated heterocycles. The van der Waals surface area contributed by atoms with Crippen molar-refractivity contribution < 1.29 is 14.3 Å². The molecule has 0 aliphatic carbocycles. The number of likely N-dealkylation sites (tertiary alicyclic amines) is 1. The van der Waals surface area contributed by atoms with E-state index in [1.165, 1.54) is 0 Å². The van der Waals surface area contributed by atoms with Crippen molar-refractivity contribution in [3.05, 3.63) is 34.9 Å². The SMILES string of the molecule is CNC(=O)C[C@@]1(COC)CCCN1C(=O)Cc1ccccc1Cl. The van der Waals surface area contributed by atoms with Gasteiger partial charge in [0.25, 0.3) is 0 Å². The molecule has 23 heavy (non-hydrogen) atoms. The first kappa shape index (κ1) is 17.8. The van der Waals surface area contributed by atoms with Crippen molar-refractivity contribution in [3.63, 3.8) is 0 Å². The van der Waals surface area contributed by atoms with E-state index in [4.69, 9.17) is 16.3 Å². The van der Waals surface area contributed by atoms with E-state index < -0.39 is 5.54 Å². The largest absolute Gasteiger partial charge is 0.382 e. The molecule has 1 atom stereocenters. The number of amides is 2. The van der Waals surface area contributed by atoms with Gasteiger partial charge < -0.3 is 15.0 Å². The fraction of sp³-hybridized carbons (Fsp3) is 0.529. The molecule has 0 unspecified atom stereocenters. The lowest BCUT2D eigenvalue weighted by molar-refractivity contribution is -0.139. The standard InChI is InChI=1S/C17H23ClN2O3/c1-19-15(21)11-17(12-23-2)8-5-9-20(17)16(22)10-13-6-3-4-7-14(13)18/h3-4,6-7H,5,8-12H2,1-2H3,(H,19,21)/t17-/m1/s1. The molecule has 5 nitrogen and oxygen atoms in total. The summed E-state index contributed by atoms with van der Waals surface area (Å²) in [6, 6.07) is 7.34. The third kappa shape index (κ3) is 4.03. The highest BCUT2D eigenvalue weighted by Crippen LogP contribution is 2.34. The monoisotopic (exact) mass is 338 g/mol. The highest BCUT2D eigenvalue weighted by molar-refractivity contribution is 6.31. The number of benzene rings is 1. The molecule has 2 amide bonds. The van der Waals surface area contributed by atoms with Gasteiger partial charge in [0.15, 0.2) is 0 Å². The number of carbonyl (C=O) groups excluding carboxylic acids is 2. The van der Waals surface area contributed by atoms with E-state index in [0.29, 0.717) is 18.2 Å². The Morgan fingerprint density at radius 1 is 1.39 bits per heavy atom. The normalized spacial score (nSPS) is 20.6. The molecular formula is C17H23ClN2O3. The average molecular weight is 339 g/mol. The lowest BCUT2D eigenvalue weighted by Crippen LogP contribution is -2.53. The molecule has 1 aromatic rings. The summed E-state index contributed by atoms with van der Waals surface area (Å²) in [6.07, 6.45) is 2.13. The van der Waals surface area contributed by atoms with Gasteiger partial charge in [-0.15, -0.1) is 0 Å². The molecule has 0 bridgehead atoms. The molecule has 1 aliphatic heterocycles. The summed E-state index contributed by atoms with van der Waals surface area (Å²) in [7, 11) is 3.20. The second kappa shape index (κ2) is 7.79. The van der Waals surface area contributed by atoms with E-state index in [1.807, 2.05) is 18.2 Å². The summed E-state index contributed by atoms with van der Waals surface area (Å²) in [5.41, 5.74) is 0.241. The molecule has 0 saturated carbocycles. The Kier molecular flexibility index (Phi) is 6.02. The third-order valence-electron chi connectivity index (χ3n) is 4.38. The van der Waals surface area contributed by atoms with Crippen LogP contribution in [0, 0.1) is 0 Å². The average Bonchev–Trinajstić information content (AvgIpc) is 2.93. The maximum absolute atomic E-state index is 12.8. The summed E-state index contributed by atoms with van der Waals surface area (Å²) in [5.74, 6) is -0.101. The first-order chi connectivity index (χ1) is 11.0. The Balaban J connectivity index is 2.19. The summed E-state index contributed by atoms with van der Waals surface area (Å²) in [6.45, 7) is 0.998. The second-order valence-corrected chi connectivity index (χ2v) is 6.33. The first-order valence-corrected chi connectivity index (χ1v) is 8.13. The van der Waals surface area contributed by atoms with Gasteiger partial charge in [-0.25, -0.2) is 0 Å². The zero-order valence-corrected chi connectivity index (χ0v) is 14.4. The van der Waals surface area contributed by atoms with Crippen molar-refractivity contribution in [1.82, 2.24) is 10.2 Å². The Labute approximate surface area is 141 Å². The number of ether oxygens (including phenoxy) is 1. The molecule has 2 rings (SSSR count).